The molecule has 0 bridgehead atoms. The second-order valence-electron chi connectivity index (χ2n) is 2.75. The predicted molar refractivity (Wildman–Crippen MR) is 53.4 cm³/mol. The quantitative estimate of drug-likeness (QED) is 0.706. The van der Waals surface area contributed by atoms with Crippen LogP contribution in [0.15, 0.2) is 18.2 Å². The molecule has 1 aromatic heterocycles. The molecule has 1 heterocycles. The first-order valence-corrected chi connectivity index (χ1v) is 4.48. The molecule has 72 valence electrons. The van der Waals surface area contributed by atoms with Crippen molar-refractivity contribution >= 4 is 34.1 Å². The standard InChI is InChI=1S/C9H4Cl2FNO/c10-5-2-9(11)13-7-3-8(14)6(12)1-4(5)7/h1-3,14H. The number of nitrogens with zero attached hydrogens (tertiary/aromatic N) is 1. The highest BCUT2D eigenvalue weighted by Crippen LogP contribution is 2.29. The van der Waals surface area contributed by atoms with Crippen molar-refractivity contribution in [1.29, 1.82) is 0 Å². The lowest BCUT2D eigenvalue weighted by atomic mass is 10.2. The molecule has 2 nitrogen and oxygen atoms in total. The van der Waals surface area contributed by atoms with Gasteiger partial charge < -0.3 is 5.11 Å². The van der Waals surface area contributed by atoms with Crippen LogP contribution in [0.5, 0.6) is 5.75 Å². The molecule has 1 N–H and O–H groups in total. The Balaban J connectivity index is 2.89. The van der Waals surface area contributed by atoms with E-state index in [9.17, 15) is 4.39 Å². The van der Waals surface area contributed by atoms with E-state index in [1.807, 2.05) is 0 Å². The van der Waals surface area contributed by atoms with Gasteiger partial charge in [0.25, 0.3) is 0 Å². The molecule has 0 saturated heterocycles. The fraction of sp³-hybridized carbons (Fsp3) is 0. The zero-order valence-corrected chi connectivity index (χ0v) is 8.27. The molecular weight excluding hydrogens is 228 g/mol. The Kier molecular flexibility index (Phi) is 2.21. The summed E-state index contributed by atoms with van der Waals surface area (Å²) in [5.74, 6) is -1.20. The smallest absolute Gasteiger partial charge is 0.165 e. The number of phenolic OH excluding ortho intramolecular Hbond substituents is 1. The van der Waals surface area contributed by atoms with Crippen LogP contribution in [-0.4, -0.2) is 10.1 Å². The normalized spacial score (nSPS) is 10.8. The maximum atomic E-state index is 13.0. The minimum Gasteiger partial charge on any atom is -0.505 e. The monoisotopic (exact) mass is 231 g/mol. The fourth-order valence-electron chi connectivity index (χ4n) is 1.16. The van der Waals surface area contributed by atoms with Crippen LogP contribution in [0.2, 0.25) is 10.2 Å². The highest BCUT2D eigenvalue weighted by Gasteiger charge is 2.08. The van der Waals surface area contributed by atoms with Crippen molar-refractivity contribution in [2.75, 3.05) is 0 Å². The number of phenols is 1. The lowest BCUT2D eigenvalue weighted by molar-refractivity contribution is 0.433. The summed E-state index contributed by atoms with van der Waals surface area (Å²) in [6.07, 6.45) is 0. The van der Waals surface area contributed by atoms with Crippen molar-refractivity contribution in [3.63, 3.8) is 0 Å². The Bertz CT molecular complexity index is 516. The minimum absolute atomic E-state index is 0.202. The van der Waals surface area contributed by atoms with Gasteiger partial charge in [0.2, 0.25) is 0 Å². The molecule has 0 aliphatic heterocycles. The lowest BCUT2D eigenvalue weighted by Gasteiger charge is -2.02. The van der Waals surface area contributed by atoms with E-state index in [0.29, 0.717) is 15.9 Å². The van der Waals surface area contributed by atoms with Crippen LogP contribution in [0.3, 0.4) is 0 Å². The number of hydrogen-bond donors (Lipinski definition) is 1. The third kappa shape index (κ3) is 1.49. The number of pyridine rings is 1. The van der Waals surface area contributed by atoms with Crippen LogP contribution in [0.25, 0.3) is 10.9 Å². The Morgan fingerprint density at radius 3 is 2.64 bits per heavy atom. The van der Waals surface area contributed by atoms with Gasteiger partial charge >= 0.3 is 0 Å². The second-order valence-corrected chi connectivity index (χ2v) is 3.54. The summed E-state index contributed by atoms with van der Waals surface area (Å²) in [7, 11) is 0. The topological polar surface area (TPSA) is 33.1 Å². The molecule has 2 aromatic rings. The zero-order valence-electron chi connectivity index (χ0n) is 6.76. The third-order valence-corrected chi connectivity index (χ3v) is 2.30. The number of benzene rings is 1. The van der Waals surface area contributed by atoms with Gasteiger partial charge in [0.05, 0.1) is 10.5 Å². The van der Waals surface area contributed by atoms with Crippen molar-refractivity contribution in [3.05, 3.63) is 34.2 Å². The Hall–Kier alpha value is -1.06. The average Bonchev–Trinajstić information content (AvgIpc) is 2.08. The number of fused-ring (bicyclic) bond motifs is 1. The van der Waals surface area contributed by atoms with E-state index >= 15 is 0 Å². The van der Waals surface area contributed by atoms with Gasteiger partial charge in [-0.25, -0.2) is 9.37 Å². The van der Waals surface area contributed by atoms with Gasteiger partial charge in [-0.3, -0.25) is 0 Å². The lowest BCUT2D eigenvalue weighted by Crippen LogP contribution is -1.84. The molecule has 0 aliphatic carbocycles. The number of rotatable bonds is 0. The van der Waals surface area contributed by atoms with E-state index in [0.717, 1.165) is 6.07 Å². The van der Waals surface area contributed by atoms with Gasteiger partial charge in [-0.05, 0) is 12.1 Å². The summed E-state index contributed by atoms with van der Waals surface area (Å²) >= 11 is 11.5. The van der Waals surface area contributed by atoms with Gasteiger partial charge in [-0.2, -0.15) is 0 Å². The molecule has 1 aromatic carbocycles. The van der Waals surface area contributed by atoms with E-state index in [-0.39, 0.29) is 5.15 Å². The van der Waals surface area contributed by atoms with E-state index in [1.54, 1.807) is 0 Å². The van der Waals surface area contributed by atoms with E-state index in [4.69, 9.17) is 28.3 Å². The van der Waals surface area contributed by atoms with Crippen molar-refractivity contribution < 1.29 is 9.50 Å². The molecule has 0 atom stereocenters. The number of halogens is 3. The minimum atomic E-state index is -0.733. The molecule has 0 radical (unpaired) electrons. The van der Waals surface area contributed by atoms with Crippen LogP contribution >= 0.6 is 23.2 Å². The summed E-state index contributed by atoms with van der Waals surface area (Å²) in [6.45, 7) is 0. The molecule has 0 amide bonds. The summed E-state index contributed by atoms with van der Waals surface area (Å²) in [6, 6.07) is 3.72. The van der Waals surface area contributed by atoms with Crippen molar-refractivity contribution in [2.45, 2.75) is 0 Å². The second kappa shape index (κ2) is 3.26. The van der Waals surface area contributed by atoms with Crippen molar-refractivity contribution in [1.82, 2.24) is 4.98 Å². The van der Waals surface area contributed by atoms with Gasteiger partial charge in [0, 0.05) is 11.5 Å². The molecule has 2 rings (SSSR count). The SMILES string of the molecule is Oc1cc2nc(Cl)cc(Cl)c2cc1F. The first-order chi connectivity index (χ1) is 6.58. The average molecular weight is 232 g/mol. The van der Waals surface area contributed by atoms with E-state index in [2.05, 4.69) is 4.98 Å². The van der Waals surface area contributed by atoms with Crippen LogP contribution in [0.1, 0.15) is 0 Å². The summed E-state index contributed by atoms with van der Waals surface area (Å²) in [5.41, 5.74) is 0.362. The van der Waals surface area contributed by atoms with Gasteiger partial charge in [0.1, 0.15) is 5.15 Å². The number of aromatic nitrogens is 1. The first kappa shape index (κ1) is 9.49. The first-order valence-electron chi connectivity index (χ1n) is 3.72. The molecule has 0 spiro atoms. The van der Waals surface area contributed by atoms with E-state index in [1.165, 1.54) is 12.1 Å². The number of aromatic hydroxyl groups is 1. The largest absolute Gasteiger partial charge is 0.505 e. The third-order valence-electron chi connectivity index (χ3n) is 1.80. The Labute approximate surface area is 88.9 Å². The van der Waals surface area contributed by atoms with Crippen LogP contribution in [0.4, 0.5) is 4.39 Å². The number of hydrogen-bond acceptors (Lipinski definition) is 2. The Morgan fingerprint density at radius 2 is 1.93 bits per heavy atom. The van der Waals surface area contributed by atoms with Crippen LogP contribution in [-0.2, 0) is 0 Å². The molecular formula is C9H4Cl2FNO. The summed E-state index contributed by atoms with van der Waals surface area (Å²) in [4.78, 5) is 3.89. The molecule has 0 saturated carbocycles. The molecule has 0 fully saturated rings. The maximum Gasteiger partial charge on any atom is 0.165 e. The van der Waals surface area contributed by atoms with Gasteiger partial charge in [0.15, 0.2) is 11.6 Å². The molecule has 14 heavy (non-hydrogen) atoms. The molecule has 0 aliphatic rings. The summed E-state index contributed by atoms with van der Waals surface area (Å²) < 4.78 is 13.0. The predicted octanol–water partition coefficient (Wildman–Crippen LogP) is 3.39. The van der Waals surface area contributed by atoms with Gasteiger partial charge in [-0.1, -0.05) is 23.2 Å². The van der Waals surface area contributed by atoms with Crippen molar-refractivity contribution in [3.8, 4) is 5.75 Å². The fourth-order valence-corrected chi connectivity index (χ4v) is 1.67. The molecule has 5 heteroatoms. The van der Waals surface area contributed by atoms with Crippen molar-refractivity contribution in [2.24, 2.45) is 0 Å². The maximum absolute atomic E-state index is 13.0. The summed E-state index contributed by atoms with van der Waals surface area (Å²) in [5, 5.41) is 10.0. The molecule has 0 unspecified atom stereocenters. The van der Waals surface area contributed by atoms with Gasteiger partial charge in [-0.15, -0.1) is 0 Å². The van der Waals surface area contributed by atoms with E-state index < -0.39 is 11.6 Å². The highest BCUT2D eigenvalue weighted by atomic mass is 35.5. The van der Waals surface area contributed by atoms with Crippen LogP contribution < -0.4 is 0 Å². The van der Waals surface area contributed by atoms with Crippen LogP contribution in [0, 0.1) is 5.82 Å². The zero-order chi connectivity index (χ0) is 10.3. The Morgan fingerprint density at radius 1 is 1.21 bits per heavy atom. The highest BCUT2D eigenvalue weighted by molar-refractivity contribution is 6.37.